The predicted octanol–water partition coefficient (Wildman–Crippen LogP) is 6.13. The van der Waals surface area contributed by atoms with E-state index in [4.69, 9.17) is 9.16 Å². The van der Waals surface area contributed by atoms with Crippen LogP contribution in [0.25, 0.3) is 0 Å². The number of carbonyl (C=O) groups is 2. The van der Waals surface area contributed by atoms with E-state index in [1.54, 1.807) is 6.08 Å². The summed E-state index contributed by atoms with van der Waals surface area (Å²) in [5.74, 6) is 2.20. The molecule has 0 spiro atoms. The van der Waals surface area contributed by atoms with Gasteiger partial charge in [0.2, 0.25) is 8.32 Å². The van der Waals surface area contributed by atoms with Gasteiger partial charge in [0.25, 0.3) is 0 Å². The predicted molar refractivity (Wildman–Crippen MR) is 129 cm³/mol. The van der Waals surface area contributed by atoms with Crippen LogP contribution in [0.15, 0.2) is 46.8 Å². The summed E-state index contributed by atoms with van der Waals surface area (Å²) in [4.78, 5) is 23.6. The van der Waals surface area contributed by atoms with E-state index in [2.05, 4.69) is 52.6 Å². The first kappa shape index (κ1) is 23.3. The van der Waals surface area contributed by atoms with Crippen molar-refractivity contribution in [3.8, 4) is 0 Å². The molecule has 4 rings (SSSR count). The van der Waals surface area contributed by atoms with Crippen molar-refractivity contribution in [3.05, 3.63) is 46.8 Å². The molecular weight excluding hydrogens is 416 g/mol. The molecule has 0 saturated heterocycles. The van der Waals surface area contributed by atoms with Crippen molar-refractivity contribution in [1.29, 1.82) is 0 Å². The number of carbonyl (C=O) groups excluding carboxylic acids is 2. The molecule has 0 aliphatic heterocycles. The average molecular weight is 455 g/mol. The smallest absolute Gasteiger partial charge is 0.303 e. The van der Waals surface area contributed by atoms with Gasteiger partial charge in [-0.15, -0.1) is 0 Å². The van der Waals surface area contributed by atoms with Crippen LogP contribution in [0.5, 0.6) is 0 Å². The molecular formula is C27H38O4Si. The maximum Gasteiger partial charge on any atom is 0.303 e. The molecule has 2 fully saturated rings. The largest absolute Gasteiger partial charge is 0.545 e. The molecule has 4 aliphatic carbocycles. The monoisotopic (exact) mass is 454 g/mol. The fourth-order valence-corrected chi connectivity index (χ4v) is 7.89. The van der Waals surface area contributed by atoms with Crippen LogP contribution in [-0.2, 0) is 18.8 Å². The molecule has 0 aromatic carbocycles. The Balaban J connectivity index is 1.76. The van der Waals surface area contributed by atoms with Crippen molar-refractivity contribution in [2.24, 2.45) is 28.6 Å². The molecule has 174 valence electrons. The number of hydrogen-bond donors (Lipinski definition) is 0. The number of ketones is 1. The highest BCUT2D eigenvalue weighted by molar-refractivity contribution is 6.70. The van der Waals surface area contributed by atoms with E-state index in [0.717, 1.165) is 31.4 Å². The minimum Gasteiger partial charge on any atom is -0.545 e. The van der Waals surface area contributed by atoms with Crippen LogP contribution in [0.3, 0.4) is 0 Å². The molecule has 0 aromatic heterocycles. The summed E-state index contributed by atoms with van der Waals surface area (Å²) in [6.07, 6.45) is 12.4. The zero-order chi connectivity index (χ0) is 23.5. The van der Waals surface area contributed by atoms with E-state index in [1.165, 1.54) is 23.6 Å². The minimum atomic E-state index is -1.87. The van der Waals surface area contributed by atoms with Gasteiger partial charge in [0.15, 0.2) is 5.78 Å². The highest BCUT2D eigenvalue weighted by Gasteiger charge is 2.56. The van der Waals surface area contributed by atoms with Gasteiger partial charge in [0, 0.05) is 12.3 Å². The van der Waals surface area contributed by atoms with Crippen LogP contribution in [-0.4, -0.2) is 26.7 Å². The highest BCUT2D eigenvalue weighted by atomic mass is 28.4. The van der Waals surface area contributed by atoms with E-state index in [0.29, 0.717) is 17.8 Å². The third-order valence-corrected chi connectivity index (χ3v) is 9.05. The van der Waals surface area contributed by atoms with Gasteiger partial charge in [-0.25, -0.2) is 0 Å². The first-order valence-electron chi connectivity index (χ1n) is 12.1. The van der Waals surface area contributed by atoms with E-state index in [-0.39, 0.29) is 29.2 Å². The van der Waals surface area contributed by atoms with E-state index in [1.807, 2.05) is 6.08 Å². The molecule has 5 heteroatoms. The Morgan fingerprint density at radius 3 is 2.62 bits per heavy atom. The average Bonchev–Trinajstić information content (AvgIpc) is 2.95. The second-order valence-electron chi connectivity index (χ2n) is 11.6. The first-order valence-corrected chi connectivity index (χ1v) is 15.5. The summed E-state index contributed by atoms with van der Waals surface area (Å²) < 4.78 is 12.0. The highest BCUT2D eigenvalue weighted by Crippen LogP contribution is 2.65. The summed E-state index contributed by atoms with van der Waals surface area (Å²) in [5.41, 5.74) is 4.03. The normalized spacial score (nSPS) is 37.6. The van der Waals surface area contributed by atoms with E-state index < -0.39 is 8.32 Å². The third-order valence-electron chi connectivity index (χ3n) is 8.19. The lowest BCUT2D eigenvalue weighted by Crippen LogP contribution is -2.42. The second kappa shape index (κ2) is 7.86. The van der Waals surface area contributed by atoms with Gasteiger partial charge in [-0.2, -0.15) is 0 Å². The molecule has 0 heterocycles. The number of allylic oxidation sites excluding steroid dienone is 7. The van der Waals surface area contributed by atoms with E-state index in [9.17, 15) is 9.59 Å². The summed E-state index contributed by atoms with van der Waals surface area (Å²) in [7, 11) is -1.87. The molecule has 0 aromatic rings. The maximum absolute atomic E-state index is 12.0. The van der Waals surface area contributed by atoms with Gasteiger partial charge in [-0.1, -0.05) is 37.1 Å². The Morgan fingerprint density at radius 1 is 1.25 bits per heavy atom. The molecule has 5 atom stereocenters. The Labute approximate surface area is 194 Å². The molecule has 0 N–H and O–H groups in total. The fourth-order valence-electron chi connectivity index (χ4n) is 6.98. The van der Waals surface area contributed by atoms with Crippen LogP contribution in [0.2, 0.25) is 19.6 Å². The molecule has 0 amide bonds. The van der Waals surface area contributed by atoms with Crippen molar-refractivity contribution in [1.82, 2.24) is 0 Å². The molecule has 0 radical (unpaired) electrons. The Bertz CT molecular complexity index is 963. The summed E-state index contributed by atoms with van der Waals surface area (Å²) in [6, 6.07) is 0. The van der Waals surface area contributed by atoms with Crippen LogP contribution in [0, 0.1) is 28.6 Å². The molecule has 4 nitrogen and oxygen atoms in total. The van der Waals surface area contributed by atoms with Crippen molar-refractivity contribution >= 4 is 20.1 Å². The lowest BCUT2D eigenvalue weighted by Gasteiger charge is -2.51. The molecule has 2 saturated carbocycles. The fraction of sp³-hybridized carbons (Fsp3) is 0.630. The van der Waals surface area contributed by atoms with Crippen molar-refractivity contribution < 1.29 is 18.8 Å². The maximum atomic E-state index is 12.0. The lowest BCUT2D eigenvalue weighted by atomic mass is 9.53. The zero-order valence-electron chi connectivity index (χ0n) is 20.7. The Kier molecular flexibility index (Phi) is 5.72. The topological polar surface area (TPSA) is 52.6 Å². The van der Waals surface area contributed by atoms with Gasteiger partial charge >= 0.3 is 5.97 Å². The number of hydrogen-bond acceptors (Lipinski definition) is 4. The van der Waals surface area contributed by atoms with Crippen LogP contribution in [0.4, 0.5) is 0 Å². The van der Waals surface area contributed by atoms with Crippen molar-refractivity contribution in [3.63, 3.8) is 0 Å². The van der Waals surface area contributed by atoms with Crippen molar-refractivity contribution in [2.45, 2.75) is 73.0 Å². The van der Waals surface area contributed by atoms with Crippen LogP contribution in [0.1, 0.15) is 53.4 Å². The van der Waals surface area contributed by atoms with Crippen LogP contribution >= 0.6 is 0 Å². The molecule has 32 heavy (non-hydrogen) atoms. The van der Waals surface area contributed by atoms with E-state index >= 15 is 0 Å². The van der Waals surface area contributed by atoms with Crippen LogP contribution < -0.4 is 0 Å². The van der Waals surface area contributed by atoms with Gasteiger partial charge in [-0.3, -0.25) is 9.59 Å². The van der Waals surface area contributed by atoms with Crippen molar-refractivity contribution in [2.75, 3.05) is 6.61 Å². The second-order valence-corrected chi connectivity index (χ2v) is 16.0. The summed E-state index contributed by atoms with van der Waals surface area (Å²) >= 11 is 0. The minimum absolute atomic E-state index is 0.00843. The van der Waals surface area contributed by atoms with Gasteiger partial charge < -0.3 is 9.16 Å². The summed E-state index contributed by atoms with van der Waals surface area (Å²) in [6.45, 7) is 15.3. The zero-order valence-corrected chi connectivity index (χ0v) is 21.7. The number of ether oxygens (including phenoxy) is 1. The molecule has 4 unspecified atom stereocenters. The quantitative estimate of drug-likeness (QED) is 0.222. The Hall–Kier alpha value is -1.88. The van der Waals surface area contributed by atoms with Gasteiger partial charge in [-0.05, 0) is 93.1 Å². The molecule has 4 aliphatic rings. The standard InChI is InChI=1S/C27H38O4Si/c1-17-14-23-21-9-8-19-15-20(29)10-12-26(19,3)22(21)11-13-27(23,4)25(17)24(16-30-18(2)28)31-32(5,6)7/h10-12,15,17,21,23H,8-9,13-14,16H2,1-7H3/b25-24+/t17-,21?,23?,26?,27?/m1/s1. The molecule has 0 bridgehead atoms. The van der Waals surface area contributed by atoms with Gasteiger partial charge in [0.05, 0.1) is 0 Å². The van der Waals surface area contributed by atoms with Gasteiger partial charge in [0.1, 0.15) is 12.4 Å². The lowest BCUT2D eigenvalue weighted by molar-refractivity contribution is -0.140. The first-order chi connectivity index (χ1) is 14.8. The number of fused-ring (bicyclic) bond motifs is 5. The summed E-state index contributed by atoms with van der Waals surface area (Å²) in [5, 5.41) is 0. The third kappa shape index (κ3) is 3.87. The Morgan fingerprint density at radius 2 is 1.97 bits per heavy atom. The number of esters is 1. The SMILES string of the molecule is CC(=O)OC/C(O[Si](C)(C)C)=C1/[C@H](C)CC2C3CCC4=CC(=O)C=CC4(C)C3=CCC12C. The number of rotatable bonds is 4.